The number of anilines is 1. The third-order valence-corrected chi connectivity index (χ3v) is 7.15. The van der Waals surface area contributed by atoms with E-state index in [2.05, 4.69) is 5.32 Å². The van der Waals surface area contributed by atoms with Crippen LogP contribution in [-0.4, -0.2) is 43.9 Å². The minimum absolute atomic E-state index is 0.0471. The Kier molecular flexibility index (Phi) is 7.06. The second kappa shape index (κ2) is 10.2. The van der Waals surface area contributed by atoms with Gasteiger partial charge in [0.1, 0.15) is 11.6 Å². The molecule has 1 aliphatic rings. The van der Waals surface area contributed by atoms with Gasteiger partial charge in [-0.05, 0) is 42.5 Å². The van der Waals surface area contributed by atoms with Crippen molar-refractivity contribution < 1.29 is 27.2 Å². The molecule has 0 atom stereocenters. The molecule has 4 rings (SSSR count). The number of para-hydroxylation sites is 1. The van der Waals surface area contributed by atoms with Crippen LogP contribution >= 0.6 is 0 Å². The summed E-state index contributed by atoms with van der Waals surface area (Å²) in [6.07, 6.45) is 0. The van der Waals surface area contributed by atoms with Crippen molar-refractivity contribution in [2.45, 2.75) is 11.4 Å². The zero-order valence-corrected chi connectivity index (χ0v) is 18.8. The maximum atomic E-state index is 13.3. The maximum absolute atomic E-state index is 13.3. The number of hydrogen-bond donors (Lipinski definition) is 1. The monoisotopic (exact) mass is 487 g/mol. The first-order valence-electron chi connectivity index (χ1n) is 10.5. The Morgan fingerprint density at radius 2 is 1.76 bits per heavy atom. The number of nitrogens with zero attached hydrogens (tertiary/aromatic N) is 2. The van der Waals surface area contributed by atoms with Crippen LogP contribution in [0.2, 0.25) is 0 Å². The lowest BCUT2D eigenvalue weighted by molar-refractivity contribution is -0.385. The van der Waals surface area contributed by atoms with Gasteiger partial charge in [-0.15, -0.1) is 0 Å². The molecule has 3 aromatic rings. The Morgan fingerprint density at radius 3 is 2.47 bits per heavy atom. The van der Waals surface area contributed by atoms with E-state index >= 15 is 0 Å². The molecule has 11 heteroatoms. The van der Waals surface area contributed by atoms with Crippen molar-refractivity contribution in [3.05, 3.63) is 88.2 Å². The number of benzene rings is 3. The van der Waals surface area contributed by atoms with Gasteiger partial charge in [0, 0.05) is 31.3 Å². The number of nitro benzene ring substituents is 1. The average molecular weight is 488 g/mol. The van der Waals surface area contributed by atoms with Crippen LogP contribution < -0.4 is 10.1 Å². The van der Waals surface area contributed by atoms with Gasteiger partial charge in [0.2, 0.25) is 10.0 Å². The van der Waals surface area contributed by atoms with Crippen molar-refractivity contribution in [3.63, 3.8) is 0 Å². The molecular weight excluding hydrogens is 465 g/mol. The standard InChI is InChI=1S/C23H22FN3O6S/c24-18-5-7-19(8-6-18)33-23-10-9-20(34(30,31)26-11-13-32-14-12-26)15-21(23)25-16-17-3-1-2-4-22(17)27(28)29/h1-10,15,25H,11-14,16H2. The van der Waals surface area contributed by atoms with Crippen molar-refractivity contribution in [2.75, 3.05) is 31.6 Å². The average Bonchev–Trinajstić information content (AvgIpc) is 2.85. The highest BCUT2D eigenvalue weighted by molar-refractivity contribution is 7.89. The van der Waals surface area contributed by atoms with Crippen molar-refractivity contribution in [1.29, 1.82) is 0 Å². The topological polar surface area (TPSA) is 111 Å². The molecule has 0 spiro atoms. The van der Waals surface area contributed by atoms with Crippen LogP contribution in [0.25, 0.3) is 0 Å². The Hall–Kier alpha value is -3.54. The zero-order chi connectivity index (χ0) is 24.1. The number of sulfonamides is 1. The SMILES string of the molecule is O=[N+]([O-])c1ccccc1CNc1cc(S(=O)(=O)N2CCOCC2)ccc1Oc1ccc(F)cc1. The molecular formula is C23H22FN3O6S. The minimum atomic E-state index is -3.78. The Morgan fingerprint density at radius 1 is 1.06 bits per heavy atom. The Balaban J connectivity index is 1.67. The highest BCUT2D eigenvalue weighted by Crippen LogP contribution is 2.34. The second-order valence-corrected chi connectivity index (χ2v) is 9.41. The summed E-state index contributed by atoms with van der Waals surface area (Å²) in [5.41, 5.74) is 0.673. The van der Waals surface area contributed by atoms with Crippen molar-refractivity contribution in [1.82, 2.24) is 4.31 Å². The van der Waals surface area contributed by atoms with Gasteiger partial charge in [0.15, 0.2) is 5.75 Å². The lowest BCUT2D eigenvalue weighted by Crippen LogP contribution is -2.40. The summed E-state index contributed by atoms with van der Waals surface area (Å²) in [5, 5.41) is 14.4. The first kappa shape index (κ1) is 23.6. The molecule has 178 valence electrons. The third-order valence-electron chi connectivity index (χ3n) is 5.26. The molecule has 1 aliphatic heterocycles. The molecule has 1 N–H and O–H groups in total. The molecule has 0 aromatic heterocycles. The largest absolute Gasteiger partial charge is 0.455 e. The van der Waals surface area contributed by atoms with Crippen LogP contribution in [0, 0.1) is 15.9 Å². The number of nitrogens with one attached hydrogen (secondary N) is 1. The molecule has 0 aliphatic carbocycles. The molecule has 1 fully saturated rings. The summed E-state index contributed by atoms with van der Waals surface area (Å²) in [7, 11) is -3.78. The van der Waals surface area contributed by atoms with Crippen LogP contribution in [0.1, 0.15) is 5.56 Å². The minimum Gasteiger partial charge on any atom is -0.455 e. The summed E-state index contributed by atoms with van der Waals surface area (Å²) in [5.74, 6) is 0.207. The summed E-state index contributed by atoms with van der Waals surface area (Å²) in [4.78, 5) is 10.9. The first-order valence-corrected chi connectivity index (χ1v) is 11.9. The molecule has 34 heavy (non-hydrogen) atoms. The maximum Gasteiger partial charge on any atom is 0.274 e. The zero-order valence-electron chi connectivity index (χ0n) is 18.0. The van der Waals surface area contributed by atoms with E-state index in [9.17, 15) is 22.9 Å². The lowest BCUT2D eigenvalue weighted by atomic mass is 10.1. The molecule has 9 nitrogen and oxygen atoms in total. The number of ether oxygens (including phenoxy) is 2. The molecule has 3 aromatic carbocycles. The van der Waals surface area contributed by atoms with E-state index in [1.807, 2.05) is 0 Å². The van der Waals surface area contributed by atoms with E-state index in [0.29, 0.717) is 30.2 Å². The van der Waals surface area contributed by atoms with Crippen LogP contribution in [-0.2, 0) is 21.3 Å². The van der Waals surface area contributed by atoms with E-state index in [4.69, 9.17) is 9.47 Å². The number of morpholine rings is 1. The highest BCUT2D eigenvalue weighted by Gasteiger charge is 2.27. The number of nitro groups is 1. The van der Waals surface area contributed by atoms with Gasteiger partial charge in [0.25, 0.3) is 5.69 Å². The molecule has 1 heterocycles. The summed E-state index contributed by atoms with van der Waals surface area (Å²) in [6, 6.07) is 16.0. The summed E-state index contributed by atoms with van der Waals surface area (Å²) in [6.45, 7) is 1.17. The quantitative estimate of drug-likeness (QED) is 0.375. The number of rotatable bonds is 8. The molecule has 0 amide bonds. The van der Waals surface area contributed by atoms with Gasteiger partial charge in [-0.1, -0.05) is 18.2 Å². The molecule has 1 saturated heterocycles. The van der Waals surface area contributed by atoms with E-state index in [1.54, 1.807) is 18.2 Å². The molecule has 0 unspecified atom stereocenters. The van der Waals surface area contributed by atoms with E-state index in [-0.39, 0.29) is 36.0 Å². The van der Waals surface area contributed by atoms with Crippen LogP contribution in [0.5, 0.6) is 11.5 Å². The number of hydrogen-bond acceptors (Lipinski definition) is 7. The van der Waals surface area contributed by atoms with Gasteiger partial charge in [0.05, 0.1) is 28.7 Å². The second-order valence-electron chi connectivity index (χ2n) is 7.47. The Labute approximate surface area is 195 Å². The van der Waals surface area contributed by atoms with Gasteiger partial charge in [-0.3, -0.25) is 10.1 Å². The van der Waals surface area contributed by atoms with Crippen LogP contribution in [0.15, 0.2) is 71.6 Å². The highest BCUT2D eigenvalue weighted by atomic mass is 32.2. The molecule has 0 bridgehead atoms. The van der Waals surface area contributed by atoms with Crippen LogP contribution in [0.4, 0.5) is 15.8 Å². The fourth-order valence-corrected chi connectivity index (χ4v) is 4.93. The van der Waals surface area contributed by atoms with Gasteiger partial charge < -0.3 is 14.8 Å². The fourth-order valence-electron chi connectivity index (χ4n) is 3.49. The fraction of sp³-hybridized carbons (Fsp3) is 0.217. The van der Waals surface area contributed by atoms with Gasteiger partial charge >= 0.3 is 0 Å². The molecule has 0 radical (unpaired) electrons. The summed E-state index contributed by atoms with van der Waals surface area (Å²) < 4.78 is 52.0. The normalized spacial score (nSPS) is 14.5. The van der Waals surface area contributed by atoms with Crippen molar-refractivity contribution >= 4 is 21.4 Å². The predicted octanol–water partition coefficient (Wildman–Crippen LogP) is 4.16. The van der Waals surface area contributed by atoms with Crippen molar-refractivity contribution in [2.24, 2.45) is 0 Å². The smallest absolute Gasteiger partial charge is 0.274 e. The summed E-state index contributed by atoms with van der Waals surface area (Å²) >= 11 is 0. The van der Waals surface area contributed by atoms with Gasteiger partial charge in [-0.25, -0.2) is 12.8 Å². The Bertz CT molecular complexity index is 1280. The third kappa shape index (κ3) is 5.33. The van der Waals surface area contributed by atoms with E-state index in [0.717, 1.165) is 0 Å². The first-order chi connectivity index (χ1) is 16.3. The molecule has 0 saturated carbocycles. The van der Waals surface area contributed by atoms with Crippen molar-refractivity contribution in [3.8, 4) is 11.5 Å². The van der Waals surface area contributed by atoms with E-state index in [1.165, 1.54) is 52.8 Å². The van der Waals surface area contributed by atoms with Crippen LogP contribution in [0.3, 0.4) is 0 Å². The van der Waals surface area contributed by atoms with E-state index < -0.39 is 20.8 Å². The van der Waals surface area contributed by atoms with Gasteiger partial charge in [-0.2, -0.15) is 4.31 Å². The predicted molar refractivity (Wildman–Crippen MR) is 123 cm³/mol. The lowest BCUT2D eigenvalue weighted by Gasteiger charge is -2.26. The number of halogens is 1.